The maximum atomic E-state index is 5.78. The Morgan fingerprint density at radius 1 is 0.842 bits per heavy atom. The highest BCUT2D eigenvalue weighted by Gasteiger charge is 1.96. The van der Waals surface area contributed by atoms with Crippen LogP contribution in [0.2, 0.25) is 5.02 Å². The number of hydrogen-bond donors (Lipinski definition) is 0. The lowest BCUT2D eigenvalue weighted by Crippen LogP contribution is -1.69. The van der Waals surface area contributed by atoms with Gasteiger partial charge in [-0.15, -0.1) is 34.3 Å². The van der Waals surface area contributed by atoms with Gasteiger partial charge in [-0.05, 0) is 40.6 Å². The van der Waals surface area contributed by atoms with Crippen LogP contribution >= 0.6 is 45.9 Å². The topological polar surface area (TPSA) is 0 Å². The molecule has 0 saturated carbocycles. The number of hydrogen-bond acceptors (Lipinski definition) is 2. The highest BCUT2D eigenvalue weighted by atomic mass is 35.5. The van der Waals surface area contributed by atoms with E-state index in [0.29, 0.717) is 5.88 Å². The van der Waals surface area contributed by atoms with Gasteiger partial charge in [0.25, 0.3) is 0 Å². The smallest absolute Gasteiger partial charge is 0.0568 e. The normalized spacial score (nSPS) is 9.79. The fraction of sp³-hybridized carbons (Fsp3) is 0.0667. The van der Waals surface area contributed by atoms with Crippen LogP contribution in [0.4, 0.5) is 0 Å². The van der Waals surface area contributed by atoms with Gasteiger partial charge in [-0.3, -0.25) is 0 Å². The van der Waals surface area contributed by atoms with Crippen molar-refractivity contribution in [1.82, 2.24) is 0 Å². The van der Waals surface area contributed by atoms with Crippen molar-refractivity contribution in [3.05, 3.63) is 69.2 Å². The molecule has 2 aromatic heterocycles. The highest BCUT2D eigenvalue weighted by Crippen LogP contribution is 2.25. The van der Waals surface area contributed by atoms with Gasteiger partial charge in [0.2, 0.25) is 0 Å². The van der Waals surface area contributed by atoms with E-state index >= 15 is 0 Å². The molecule has 2 heterocycles. The summed E-state index contributed by atoms with van der Waals surface area (Å²) in [5.74, 6) is 0.650. The Labute approximate surface area is 131 Å². The first-order valence-corrected chi connectivity index (χ1v) is 8.34. The molecule has 98 valence electrons. The van der Waals surface area contributed by atoms with E-state index in [0.717, 1.165) is 5.02 Å². The van der Waals surface area contributed by atoms with Gasteiger partial charge in [0.1, 0.15) is 0 Å². The fourth-order valence-electron chi connectivity index (χ4n) is 1.45. The van der Waals surface area contributed by atoms with Crippen molar-refractivity contribution in [2.45, 2.75) is 5.88 Å². The predicted molar refractivity (Wildman–Crippen MR) is 88.6 cm³/mol. The second kappa shape index (κ2) is 7.71. The quantitative estimate of drug-likeness (QED) is 0.468. The van der Waals surface area contributed by atoms with Crippen molar-refractivity contribution < 1.29 is 0 Å². The van der Waals surface area contributed by atoms with Gasteiger partial charge in [-0.2, -0.15) is 0 Å². The van der Waals surface area contributed by atoms with E-state index in [1.54, 1.807) is 22.7 Å². The summed E-state index contributed by atoms with van der Waals surface area (Å²) in [4.78, 5) is 2.52. The van der Waals surface area contributed by atoms with E-state index in [1.165, 1.54) is 15.3 Å². The van der Waals surface area contributed by atoms with E-state index in [-0.39, 0.29) is 0 Å². The lowest BCUT2D eigenvalue weighted by molar-refractivity contribution is 1.53. The molecule has 0 bridgehead atoms. The number of thiophene rings is 2. The molecular weight excluding hydrogens is 315 g/mol. The van der Waals surface area contributed by atoms with Crippen LogP contribution in [-0.2, 0) is 5.88 Å². The van der Waals surface area contributed by atoms with Gasteiger partial charge in [0.15, 0.2) is 0 Å². The third-order valence-electron chi connectivity index (χ3n) is 2.36. The maximum absolute atomic E-state index is 5.78. The molecule has 19 heavy (non-hydrogen) atoms. The molecule has 0 amide bonds. The summed E-state index contributed by atoms with van der Waals surface area (Å²) in [7, 11) is 0. The predicted octanol–water partition coefficient (Wildman–Crippen LogP) is 6.56. The van der Waals surface area contributed by atoms with Crippen molar-refractivity contribution in [2.75, 3.05) is 0 Å². The lowest BCUT2D eigenvalue weighted by atomic mass is 10.2. The number of alkyl halides is 1. The third kappa shape index (κ3) is 4.66. The van der Waals surface area contributed by atoms with Crippen molar-refractivity contribution in [1.29, 1.82) is 0 Å². The fourth-order valence-corrected chi connectivity index (χ4v) is 3.13. The van der Waals surface area contributed by atoms with Crippen molar-refractivity contribution in [3.8, 4) is 10.4 Å². The van der Waals surface area contributed by atoms with Gasteiger partial charge in [-0.25, -0.2) is 0 Å². The third-order valence-corrected chi connectivity index (χ3v) is 4.86. The first-order valence-electron chi connectivity index (χ1n) is 5.67. The summed E-state index contributed by atoms with van der Waals surface area (Å²) in [6.07, 6.45) is 0. The zero-order valence-electron chi connectivity index (χ0n) is 10.1. The molecule has 0 radical (unpaired) electrons. The maximum Gasteiger partial charge on any atom is 0.0568 e. The molecule has 0 aliphatic carbocycles. The second-order valence-corrected chi connectivity index (χ2v) is 6.38. The molecule has 3 aromatic rings. The van der Waals surface area contributed by atoms with Crippen LogP contribution < -0.4 is 0 Å². The Kier molecular flexibility index (Phi) is 5.93. The van der Waals surface area contributed by atoms with Crippen LogP contribution in [0, 0.1) is 0 Å². The molecule has 0 saturated heterocycles. The van der Waals surface area contributed by atoms with Gasteiger partial charge in [-0.1, -0.05) is 35.9 Å². The molecule has 3 rings (SSSR count). The summed E-state index contributed by atoms with van der Waals surface area (Å²) in [5, 5.41) is 4.89. The van der Waals surface area contributed by atoms with Crippen LogP contribution in [0.3, 0.4) is 0 Å². The first-order chi connectivity index (χ1) is 9.29. The van der Waals surface area contributed by atoms with Gasteiger partial charge >= 0.3 is 0 Å². The van der Waals surface area contributed by atoms with Gasteiger partial charge in [0.05, 0.1) is 5.88 Å². The minimum absolute atomic E-state index is 0.650. The van der Waals surface area contributed by atoms with Crippen molar-refractivity contribution in [3.63, 3.8) is 0 Å². The highest BCUT2D eigenvalue weighted by molar-refractivity contribution is 7.13. The molecule has 0 N–H and O–H groups in total. The second-order valence-electron chi connectivity index (χ2n) is 3.70. The Hall–Kier alpha value is -0.800. The molecule has 0 unspecified atom stereocenters. The van der Waals surface area contributed by atoms with E-state index in [9.17, 15) is 0 Å². The van der Waals surface area contributed by atoms with Crippen LogP contribution in [0.15, 0.2) is 59.3 Å². The molecule has 0 fully saturated rings. The van der Waals surface area contributed by atoms with E-state index < -0.39 is 0 Å². The van der Waals surface area contributed by atoms with Gasteiger partial charge < -0.3 is 0 Å². The van der Waals surface area contributed by atoms with Crippen LogP contribution in [0.5, 0.6) is 0 Å². The molecule has 0 atom stereocenters. The molecule has 0 nitrogen and oxygen atoms in total. The molecule has 0 spiro atoms. The SMILES string of the molecule is ClCc1cccs1.Clc1ccc(-c2cccs2)cc1. The van der Waals surface area contributed by atoms with Crippen LogP contribution in [0.1, 0.15) is 4.88 Å². The number of halogens is 2. The number of rotatable bonds is 2. The summed E-state index contributed by atoms with van der Waals surface area (Å²) in [6.45, 7) is 0. The average Bonchev–Trinajstić information content (AvgIpc) is 3.14. The molecule has 0 aliphatic rings. The van der Waals surface area contributed by atoms with Crippen LogP contribution in [0.25, 0.3) is 10.4 Å². The molecule has 1 aromatic carbocycles. The summed E-state index contributed by atoms with van der Waals surface area (Å²) in [5.41, 5.74) is 1.23. The zero-order valence-corrected chi connectivity index (χ0v) is 13.2. The number of benzene rings is 1. The standard InChI is InChI=1S/C10H7ClS.C5H5ClS/c11-9-5-3-8(4-6-9)10-2-1-7-12-10;6-4-5-2-1-3-7-5/h1-7H;1-3H,4H2. The van der Waals surface area contributed by atoms with Crippen LogP contribution in [-0.4, -0.2) is 0 Å². The summed E-state index contributed by atoms with van der Waals surface area (Å²) < 4.78 is 0. The Bertz CT molecular complexity index is 569. The Balaban J connectivity index is 0.000000163. The minimum Gasteiger partial charge on any atom is -0.148 e. The Morgan fingerprint density at radius 3 is 2.00 bits per heavy atom. The van der Waals surface area contributed by atoms with E-state index in [1.807, 2.05) is 41.8 Å². The summed E-state index contributed by atoms with van der Waals surface area (Å²) in [6, 6.07) is 16.1. The first kappa shape index (κ1) is 14.6. The molecular formula is C15H12Cl2S2. The van der Waals surface area contributed by atoms with Crippen molar-refractivity contribution in [2.24, 2.45) is 0 Å². The molecule has 0 aliphatic heterocycles. The monoisotopic (exact) mass is 326 g/mol. The minimum atomic E-state index is 0.650. The zero-order chi connectivity index (χ0) is 13.5. The van der Waals surface area contributed by atoms with Crippen molar-refractivity contribution >= 4 is 45.9 Å². The Morgan fingerprint density at radius 2 is 1.53 bits per heavy atom. The van der Waals surface area contributed by atoms with E-state index in [2.05, 4.69) is 17.5 Å². The largest absolute Gasteiger partial charge is 0.148 e. The summed E-state index contributed by atoms with van der Waals surface area (Å²) >= 11 is 14.7. The van der Waals surface area contributed by atoms with Gasteiger partial charge in [0, 0.05) is 14.8 Å². The lowest BCUT2D eigenvalue weighted by Gasteiger charge is -1.95. The average molecular weight is 327 g/mol. The molecule has 4 heteroatoms. The van der Waals surface area contributed by atoms with E-state index in [4.69, 9.17) is 23.2 Å².